The van der Waals surface area contributed by atoms with Crippen molar-refractivity contribution in [1.82, 2.24) is 9.88 Å². The fourth-order valence-corrected chi connectivity index (χ4v) is 3.70. The summed E-state index contributed by atoms with van der Waals surface area (Å²) in [6.45, 7) is 3.53. The predicted molar refractivity (Wildman–Crippen MR) is 90.9 cm³/mol. The van der Waals surface area contributed by atoms with Crippen LogP contribution in [0.15, 0.2) is 24.3 Å². The van der Waals surface area contributed by atoms with Crippen LogP contribution in [0.25, 0.3) is 10.9 Å². The first-order valence-corrected chi connectivity index (χ1v) is 8.58. The second kappa shape index (κ2) is 6.65. The molecule has 3 rings (SSSR count). The fourth-order valence-electron chi connectivity index (χ4n) is 3.70. The molecule has 0 saturated carbocycles. The largest absolute Gasteiger partial charge is 0.358 e. The van der Waals surface area contributed by atoms with Crippen molar-refractivity contribution < 1.29 is 0 Å². The minimum absolute atomic E-state index is 0.721. The normalized spacial score (nSPS) is 18.3. The summed E-state index contributed by atoms with van der Waals surface area (Å²) in [5.74, 6) is 0. The van der Waals surface area contributed by atoms with Crippen LogP contribution in [0.3, 0.4) is 0 Å². The van der Waals surface area contributed by atoms with E-state index in [1.54, 1.807) is 5.56 Å². The van der Waals surface area contributed by atoms with Crippen LogP contribution in [0.5, 0.6) is 0 Å². The second-order valence-electron chi connectivity index (χ2n) is 6.57. The number of fused-ring (bicyclic) bond motifs is 3. The maximum absolute atomic E-state index is 3.62. The summed E-state index contributed by atoms with van der Waals surface area (Å²) >= 11 is 0. The lowest BCUT2D eigenvalue weighted by molar-refractivity contribution is 0.217. The summed E-state index contributed by atoms with van der Waals surface area (Å²) in [4.78, 5) is 6.21. The highest BCUT2D eigenvalue weighted by molar-refractivity contribution is 5.84. The number of hydrogen-bond donors (Lipinski definition) is 1. The molecule has 2 aromatic rings. The number of aromatic amines is 1. The Bertz CT molecular complexity index is 584. The predicted octanol–water partition coefficient (Wildman–Crippen LogP) is 4.54. The van der Waals surface area contributed by atoms with Gasteiger partial charge in [0.15, 0.2) is 0 Å². The van der Waals surface area contributed by atoms with Crippen molar-refractivity contribution in [3.8, 4) is 0 Å². The van der Waals surface area contributed by atoms with Crippen LogP contribution in [0.4, 0.5) is 0 Å². The van der Waals surface area contributed by atoms with Gasteiger partial charge in [-0.05, 0) is 50.9 Å². The summed E-state index contributed by atoms with van der Waals surface area (Å²) < 4.78 is 0. The van der Waals surface area contributed by atoms with Crippen LogP contribution in [-0.2, 0) is 12.8 Å². The quantitative estimate of drug-likeness (QED) is 0.772. The van der Waals surface area contributed by atoms with Gasteiger partial charge in [-0.2, -0.15) is 0 Å². The summed E-state index contributed by atoms with van der Waals surface area (Å²) in [5.41, 5.74) is 4.36. The third-order valence-electron chi connectivity index (χ3n) is 5.06. The molecule has 0 amide bonds. The molecule has 1 aromatic carbocycles. The van der Waals surface area contributed by atoms with Gasteiger partial charge in [0.2, 0.25) is 0 Å². The molecule has 2 nitrogen and oxygen atoms in total. The number of nitrogens with one attached hydrogen (secondary N) is 1. The number of likely N-dealkylation sites (N-methyl/N-ethyl adjacent to an activating group) is 1. The minimum atomic E-state index is 0.721. The van der Waals surface area contributed by atoms with Crippen LogP contribution < -0.4 is 0 Å². The van der Waals surface area contributed by atoms with Crippen molar-refractivity contribution in [3.63, 3.8) is 0 Å². The maximum atomic E-state index is 3.62. The standard InChI is InChI=1S/C19H28N2/c1-3-4-5-8-13-21(2)15-11-12-19-17(14-15)16-9-6-7-10-18(16)20-19/h6-7,9-10,15,20H,3-5,8,11-14H2,1-2H3. The monoisotopic (exact) mass is 284 g/mol. The maximum Gasteiger partial charge on any atom is 0.0458 e. The lowest BCUT2D eigenvalue weighted by atomic mass is 9.90. The molecule has 0 aliphatic heterocycles. The van der Waals surface area contributed by atoms with Crippen LogP contribution in [-0.4, -0.2) is 29.5 Å². The average Bonchev–Trinajstić information content (AvgIpc) is 2.89. The molecule has 21 heavy (non-hydrogen) atoms. The van der Waals surface area contributed by atoms with E-state index in [2.05, 4.69) is 48.1 Å². The Hall–Kier alpha value is -1.28. The molecule has 1 heterocycles. The van der Waals surface area contributed by atoms with Gasteiger partial charge in [0, 0.05) is 22.6 Å². The molecule has 0 spiro atoms. The van der Waals surface area contributed by atoms with E-state index in [1.165, 1.54) is 68.1 Å². The van der Waals surface area contributed by atoms with Crippen molar-refractivity contribution in [2.24, 2.45) is 0 Å². The van der Waals surface area contributed by atoms with E-state index < -0.39 is 0 Å². The molecule has 1 atom stereocenters. The topological polar surface area (TPSA) is 19.0 Å². The van der Waals surface area contributed by atoms with E-state index in [9.17, 15) is 0 Å². The zero-order chi connectivity index (χ0) is 14.7. The van der Waals surface area contributed by atoms with Crippen LogP contribution in [0.1, 0.15) is 50.3 Å². The lowest BCUT2D eigenvalue weighted by Gasteiger charge is -2.31. The van der Waals surface area contributed by atoms with Gasteiger partial charge >= 0.3 is 0 Å². The smallest absolute Gasteiger partial charge is 0.0458 e. The molecule has 0 saturated heterocycles. The van der Waals surface area contributed by atoms with E-state index >= 15 is 0 Å². The SMILES string of the molecule is CCCCCCN(C)C1CCc2[nH]c3ccccc3c2C1. The molecule has 0 fully saturated rings. The molecule has 1 N–H and O–H groups in total. The van der Waals surface area contributed by atoms with Crippen molar-refractivity contribution in [3.05, 3.63) is 35.5 Å². The van der Waals surface area contributed by atoms with Crippen molar-refractivity contribution >= 4 is 10.9 Å². The Morgan fingerprint density at radius 3 is 2.90 bits per heavy atom. The Labute approximate surface area is 128 Å². The molecule has 1 unspecified atom stereocenters. The lowest BCUT2D eigenvalue weighted by Crippen LogP contribution is -2.36. The van der Waals surface area contributed by atoms with Gasteiger partial charge < -0.3 is 9.88 Å². The van der Waals surface area contributed by atoms with E-state index in [4.69, 9.17) is 0 Å². The highest BCUT2D eigenvalue weighted by atomic mass is 15.1. The third-order valence-corrected chi connectivity index (χ3v) is 5.06. The first kappa shape index (κ1) is 14.6. The summed E-state index contributed by atoms with van der Waals surface area (Å²) in [7, 11) is 2.32. The van der Waals surface area contributed by atoms with Crippen LogP contribution >= 0.6 is 0 Å². The first-order chi connectivity index (χ1) is 10.3. The van der Waals surface area contributed by atoms with Gasteiger partial charge in [-0.3, -0.25) is 0 Å². The number of nitrogens with zero attached hydrogens (tertiary/aromatic N) is 1. The molecule has 1 aliphatic carbocycles. The number of rotatable bonds is 6. The van der Waals surface area contributed by atoms with Crippen LogP contribution in [0.2, 0.25) is 0 Å². The number of unbranched alkanes of at least 4 members (excludes halogenated alkanes) is 3. The summed E-state index contributed by atoms with van der Waals surface area (Å²) in [5, 5.41) is 1.44. The van der Waals surface area contributed by atoms with Gasteiger partial charge in [0.25, 0.3) is 0 Å². The summed E-state index contributed by atoms with van der Waals surface area (Å²) in [6.07, 6.45) is 9.14. The second-order valence-corrected chi connectivity index (χ2v) is 6.57. The van der Waals surface area contributed by atoms with Gasteiger partial charge in [0.1, 0.15) is 0 Å². The first-order valence-electron chi connectivity index (χ1n) is 8.58. The zero-order valence-corrected chi connectivity index (χ0v) is 13.5. The highest BCUT2D eigenvalue weighted by Crippen LogP contribution is 2.30. The Morgan fingerprint density at radius 1 is 1.19 bits per heavy atom. The van der Waals surface area contributed by atoms with Gasteiger partial charge in [0.05, 0.1) is 0 Å². The Kier molecular flexibility index (Phi) is 4.64. The summed E-state index contributed by atoms with van der Waals surface area (Å²) in [6, 6.07) is 9.49. The highest BCUT2D eigenvalue weighted by Gasteiger charge is 2.24. The number of benzene rings is 1. The fraction of sp³-hybridized carbons (Fsp3) is 0.579. The minimum Gasteiger partial charge on any atom is -0.358 e. The van der Waals surface area contributed by atoms with Gasteiger partial charge in [-0.25, -0.2) is 0 Å². The average molecular weight is 284 g/mol. The Balaban J connectivity index is 1.66. The number of aromatic nitrogens is 1. The van der Waals surface area contributed by atoms with E-state index in [0.717, 1.165) is 6.04 Å². The Morgan fingerprint density at radius 2 is 2.05 bits per heavy atom. The molecule has 1 aliphatic rings. The zero-order valence-electron chi connectivity index (χ0n) is 13.5. The van der Waals surface area contributed by atoms with Crippen LogP contribution in [0, 0.1) is 0 Å². The van der Waals surface area contributed by atoms with Crippen molar-refractivity contribution in [2.75, 3.05) is 13.6 Å². The molecule has 114 valence electrons. The molecule has 0 radical (unpaired) electrons. The molecular formula is C19H28N2. The van der Waals surface area contributed by atoms with E-state index in [0.29, 0.717) is 0 Å². The molecule has 1 aromatic heterocycles. The molecule has 2 heteroatoms. The van der Waals surface area contributed by atoms with Gasteiger partial charge in [-0.15, -0.1) is 0 Å². The molecular weight excluding hydrogens is 256 g/mol. The van der Waals surface area contributed by atoms with Crippen molar-refractivity contribution in [1.29, 1.82) is 0 Å². The number of H-pyrrole nitrogens is 1. The van der Waals surface area contributed by atoms with Crippen molar-refractivity contribution in [2.45, 2.75) is 57.9 Å². The molecule has 0 bridgehead atoms. The number of hydrogen-bond acceptors (Lipinski definition) is 1. The number of para-hydroxylation sites is 1. The van der Waals surface area contributed by atoms with Gasteiger partial charge in [-0.1, -0.05) is 44.4 Å². The third kappa shape index (κ3) is 3.16. The van der Waals surface area contributed by atoms with E-state index in [-0.39, 0.29) is 0 Å². The number of aryl methyl sites for hydroxylation is 1. The van der Waals surface area contributed by atoms with E-state index in [1.807, 2.05) is 0 Å².